The average molecular weight is 409 g/mol. The van der Waals surface area contributed by atoms with Crippen molar-refractivity contribution in [2.24, 2.45) is 0 Å². The molecule has 0 unspecified atom stereocenters. The molecule has 0 spiro atoms. The molecular weight excluding hydrogens is 391 g/mol. The molecule has 2 aromatic carbocycles. The van der Waals surface area contributed by atoms with Gasteiger partial charge in [0.1, 0.15) is 5.75 Å². The molecule has 0 atom stereocenters. The van der Waals surface area contributed by atoms with Crippen molar-refractivity contribution in [1.82, 2.24) is 9.80 Å². The molecule has 1 aliphatic rings. The van der Waals surface area contributed by atoms with Crippen LogP contribution in [-0.2, 0) is 6.54 Å². The van der Waals surface area contributed by atoms with Gasteiger partial charge in [0.25, 0.3) is 11.6 Å². The first-order valence-corrected chi connectivity index (χ1v) is 8.82. The molecule has 1 amide bonds. The molecule has 0 radical (unpaired) electrons. The van der Waals surface area contributed by atoms with Gasteiger partial charge in [-0.25, -0.2) is 0 Å². The van der Waals surface area contributed by atoms with Crippen molar-refractivity contribution < 1.29 is 27.6 Å². The van der Waals surface area contributed by atoms with Gasteiger partial charge in [0, 0.05) is 50.4 Å². The Morgan fingerprint density at radius 2 is 1.59 bits per heavy atom. The lowest BCUT2D eigenvalue weighted by atomic mass is 10.1. The summed E-state index contributed by atoms with van der Waals surface area (Å²) in [6.07, 6.45) is -4.71. The first-order valence-electron chi connectivity index (χ1n) is 8.82. The van der Waals surface area contributed by atoms with Crippen LogP contribution in [0.15, 0.2) is 48.5 Å². The van der Waals surface area contributed by atoms with E-state index in [9.17, 15) is 28.1 Å². The van der Waals surface area contributed by atoms with Crippen LogP contribution in [0.2, 0.25) is 0 Å². The van der Waals surface area contributed by atoms with E-state index < -0.39 is 11.3 Å². The Balaban J connectivity index is 1.51. The van der Waals surface area contributed by atoms with Gasteiger partial charge in [0.05, 0.1) is 4.92 Å². The van der Waals surface area contributed by atoms with Gasteiger partial charge >= 0.3 is 6.36 Å². The summed E-state index contributed by atoms with van der Waals surface area (Å²) in [5.41, 5.74) is 1.16. The van der Waals surface area contributed by atoms with Crippen LogP contribution in [-0.4, -0.2) is 53.2 Å². The molecule has 0 saturated carbocycles. The van der Waals surface area contributed by atoms with Gasteiger partial charge in [0.2, 0.25) is 0 Å². The van der Waals surface area contributed by atoms with Crippen LogP contribution < -0.4 is 4.74 Å². The van der Waals surface area contributed by atoms with E-state index in [-0.39, 0.29) is 17.3 Å². The SMILES string of the molecule is O=C(c1ccc([N+](=O)[O-])cc1)N1CCN(Cc2ccc(OC(F)(F)F)cc2)CC1. The van der Waals surface area contributed by atoms with E-state index in [4.69, 9.17) is 0 Å². The van der Waals surface area contributed by atoms with Crippen LogP contribution in [0.5, 0.6) is 5.75 Å². The van der Waals surface area contributed by atoms with E-state index in [1.54, 1.807) is 17.0 Å². The second-order valence-corrected chi connectivity index (χ2v) is 6.56. The number of benzene rings is 2. The molecule has 3 rings (SSSR count). The molecule has 1 fully saturated rings. The maximum Gasteiger partial charge on any atom is 0.573 e. The van der Waals surface area contributed by atoms with Gasteiger partial charge in [-0.1, -0.05) is 12.1 Å². The smallest absolute Gasteiger partial charge is 0.406 e. The van der Waals surface area contributed by atoms with Crippen molar-refractivity contribution in [3.05, 3.63) is 69.8 Å². The Hall–Kier alpha value is -3.14. The monoisotopic (exact) mass is 409 g/mol. The van der Waals surface area contributed by atoms with Crippen LogP contribution in [0.1, 0.15) is 15.9 Å². The van der Waals surface area contributed by atoms with E-state index in [1.807, 2.05) is 0 Å². The number of nitrogens with zero attached hydrogens (tertiary/aromatic N) is 3. The zero-order valence-electron chi connectivity index (χ0n) is 15.3. The number of ether oxygens (including phenoxy) is 1. The largest absolute Gasteiger partial charge is 0.573 e. The number of nitro benzene ring substituents is 1. The molecule has 0 aromatic heterocycles. The summed E-state index contributed by atoms with van der Waals surface area (Å²) in [6.45, 7) is 2.75. The lowest BCUT2D eigenvalue weighted by Crippen LogP contribution is -2.48. The van der Waals surface area contributed by atoms with Crippen molar-refractivity contribution >= 4 is 11.6 Å². The van der Waals surface area contributed by atoms with Gasteiger partial charge in [-0.15, -0.1) is 13.2 Å². The molecule has 1 saturated heterocycles. The summed E-state index contributed by atoms with van der Waals surface area (Å²) in [5.74, 6) is -0.451. The molecule has 2 aromatic rings. The van der Waals surface area contributed by atoms with E-state index in [2.05, 4.69) is 9.64 Å². The van der Waals surface area contributed by atoms with Gasteiger partial charge < -0.3 is 9.64 Å². The molecule has 29 heavy (non-hydrogen) atoms. The topological polar surface area (TPSA) is 75.9 Å². The number of amides is 1. The Morgan fingerprint density at radius 3 is 2.10 bits per heavy atom. The fourth-order valence-corrected chi connectivity index (χ4v) is 3.07. The molecule has 10 heteroatoms. The van der Waals surface area contributed by atoms with Gasteiger partial charge in [-0.05, 0) is 29.8 Å². The predicted octanol–water partition coefficient (Wildman–Crippen LogP) is 3.45. The average Bonchev–Trinajstić information content (AvgIpc) is 2.68. The minimum absolute atomic E-state index is 0.0713. The molecule has 0 N–H and O–H groups in total. The number of non-ortho nitro benzene ring substituents is 1. The number of carbonyl (C=O) groups is 1. The molecule has 0 bridgehead atoms. The number of carbonyl (C=O) groups excluding carboxylic acids is 1. The molecule has 154 valence electrons. The van der Waals surface area contributed by atoms with E-state index in [1.165, 1.54) is 36.4 Å². The molecule has 0 aliphatic carbocycles. The van der Waals surface area contributed by atoms with Crippen molar-refractivity contribution in [3.8, 4) is 5.75 Å². The van der Waals surface area contributed by atoms with Gasteiger partial charge in [0.15, 0.2) is 0 Å². The number of hydrogen-bond acceptors (Lipinski definition) is 5. The summed E-state index contributed by atoms with van der Waals surface area (Å²) >= 11 is 0. The summed E-state index contributed by atoms with van der Waals surface area (Å²) < 4.78 is 40.5. The Labute approximate surface area is 164 Å². The van der Waals surface area contributed by atoms with Crippen LogP contribution in [0.3, 0.4) is 0 Å². The molecule has 1 heterocycles. The van der Waals surface area contributed by atoms with Gasteiger partial charge in [-0.3, -0.25) is 19.8 Å². The summed E-state index contributed by atoms with van der Waals surface area (Å²) in [5, 5.41) is 10.7. The highest BCUT2D eigenvalue weighted by atomic mass is 19.4. The van der Waals surface area contributed by atoms with Crippen LogP contribution in [0, 0.1) is 10.1 Å². The normalized spacial score (nSPS) is 15.2. The standard InChI is InChI=1S/C19H18F3N3O4/c20-19(21,22)29-17-7-1-14(2-8-17)13-23-9-11-24(12-10-23)18(26)15-3-5-16(6-4-15)25(27)28/h1-8H,9-13H2. The highest BCUT2D eigenvalue weighted by Gasteiger charge is 2.31. The number of hydrogen-bond donors (Lipinski definition) is 0. The first-order chi connectivity index (χ1) is 13.7. The zero-order valence-corrected chi connectivity index (χ0v) is 15.3. The van der Waals surface area contributed by atoms with Crippen molar-refractivity contribution in [3.63, 3.8) is 0 Å². The number of rotatable bonds is 5. The second-order valence-electron chi connectivity index (χ2n) is 6.56. The predicted molar refractivity (Wildman–Crippen MR) is 97.4 cm³/mol. The highest BCUT2D eigenvalue weighted by Crippen LogP contribution is 2.23. The third-order valence-electron chi connectivity index (χ3n) is 4.55. The zero-order chi connectivity index (χ0) is 21.0. The lowest BCUT2D eigenvalue weighted by molar-refractivity contribution is -0.384. The quantitative estimate of drug-likeness (QED) is 0.559. The highest BCUT2D eigenvalue weighted by molar-refractivity contribution is 5.94. The molecule has 7 nitrogen and oxygen atoms in total. The van der Waals surface area contributed by atoms with E-state index in [0.717, 1.165) is 5.56 Å². The maximum absolute atomic E-state index is 12.5. The third-order valence-corrected chi connectivity index (χ3v) is 4.55. The first kappa shape index (κ1) is 20.6. The lowest BCUT2D eigenvalue weighted by Gasteiger charge is -2.34. The molecule has 1 aliphatic heterocycles. The van der Waals surface area contributed by atoms with Crippen LogP contribution >= 0.6 is 0 Å². The summed E-state index contributed by atoms with van der Waals surface area (Å²) in [6, 6.07) is 11.2. The van der Waals surface area contributed by atoms with Crippen LogP contribution in [0.25, 0.3) is 0 Å². The third kappa shape index (κ3) is 5.67. The Morgan fingerprint density at radius 1 is 1.00 bits per heavy atom. The number of alkyl halides is 3. The van der Waals surface area contributed by atoms with Crippen molar-refractivity contribution in [2.45, 2.75) is 12.9 Å². The number of piperazine rings is 1. The summed E-state index contributed by atoms with van der Waals surface area (Å²) in [7, 11) is 0. The van der Waals surface area contributed by atoms with E-state index in [0.29, 0.717) is 38.3 Å². The minimum atomic E-state index is -4.71. The van der Waals surface area contributed by atoms with E-state index >= 15 is 0 Å². The molecular formula is C19H18F3N3O4. The van der Waals surface area contributed by atoms with Crippen molar-refractivity contribution in [1.29, 1.82) is 0 Å². The summed E-state index contributed by atoms with van der Waals surface area (Å²) in [4.78, 5) is 26.5. The Kier molecular flexibility index (Phi) is 6.02. The Bertz CT molecular complexity index is 862. The van der Waals surface area contributed by atoms with Crippen LogP contribution in [0.4, 0.5) is 18.9 Å². The fourth-order valence-electron chi connectivity index (χ4n) is 3.07. The number of nitro groups is 1. The second kappa shape index (κ2) is 8.48. The minimum Gasteiger partial charge on any atom is -0.406 e. The maximum atomic E-state index is 12.5. The fraction of sp³-hybridized carbons (Fsp3) is 0.316. The number of halogens is 3. The van der Waals surface area contributed by atoms with Crippen molar-refractivity contribution in [2.75, 3.05) is 26.2 Å². The van der Waals surface area contributed by atoms with Gasteiger partial charge in [-0.2, -0.15) is 0 Å².